The van der Waals surface area contributed by atoms with Crippen molar-refractivity contribution in [3.63, 3.8) is 0 Å². The average molecular weight is 502 g/mol. The first-order valence-electron chi connectivity index (χ1n) is 9.07. The van der Waals surface area contributed by atoms with Crippen LogP contribution in [0.1, 0.15) is 47.0 Å². The van der Waals surface area contributed by atoms with Gasteiger partial charge in [0.1, 0.15) is 0 Å². The zero-order valence-electron chi connectivity index (χ0n) is 16.7. The molecular weight excluding hydrogens is 467 g/mol. The van der Waals surface area contributed by atoms with Gasteiger partial charge in [0.05, 0.1) is 17.0 Å². The number of piperidine rings is 1. The topological polar surface area (TPSA) is 90.9 Å². The van der Waals surface area contributed by atoms with Crippen molar-refractivity contribution in [1.29, 1.82) is 0 Å². The molecule has 1 rings (SSSR count). The lowest BCUT2D eigenvalue weighted by Crippen LogP contribution is -2.46. The first-order valence-corrected chi connectivity index (χ1v) is 10.7. The highest BCUT2D eigenvalue weighted by molar-refractivity contribution is 14.0. The number of hydrogen-bond acceptors (Lipinski definition) is 4. The Balaban J connectivity index is 0.00000625. The van der Waals surface area contributed by atoms with Gasteiger partial charge in [0.25, 0.3) is 0 Å². The second-order valence-electron chi connectivity index (χ2n) is 7.47. The number of aliphatic imine (C=N–C) groups is 1. The van der Waals surface area contributed by atoms with E-state index in [1.165, 1.54) is 0 Å². The van der Waals surface area contributed by atoms with E-state index in [-0.39, 0.29) is 42.2 Å². The van der Waals surface area contributed by atoms with E-state index in [0.717, 1.165) is 38.4 Å². The molecule has 0 spiro atoms. The number of amides is 1. The van der Waals surface area contributed by atoms with Crippen LogP contribution in [0.25, 0.3) is 0 Å². The van der Waals surface area contributed by atoms with Crippen LogP contribution in [0.2, 0.25) is 0 Å². The van der Waals surface area contributed by atoms with Crippen molar-refractivity contribution in [2.24, 2.45) is 10.9 Å². The van der Waals surface area contributed by atoms with Crippen molar-refractivity contribution in [2.45, 2.75) is 51.7 Å². The highest BCUT2D eigenvalue weighted by atomic mass is 127. The Morgan fingerprint density at radius 3 is 2.27 bits per heavy atom. The van der Waals surface area contributed by atoms with Gasteiger partial charge in [-0.25, -0.2) is 8.42 Å². The van der Waals surface area contributed by atoms with Crippen LogP contribution in [-0.4, -0.2) is 68.9 Å². The van der Waals surface area contributed by atoms with E-state index in [4.69, 9.17) is 0 Å². The SMILES string of the molecule is CCNC(=NCCS(=O)(=O)C(C)(C)C)N1CCC(CC(=O)NC)CC1.I. The molecule has 0 atom stereocenters. The zero-order chi connectivity index (χ0) is 19.1. The number of guanidine groups is 1. The number of sulfone groups is 1. The molecule has 154 valence electrons. The Bertz CT molecular complexity index is 565. The van der Waals surface area contributed by atoms with Gasteiger partial charge < -0.3 is 15.5 Å². The third kappa shape index (κ3) is 7.98. The smallest absolute Gasteiger partial charge is 0.220 e. The summed E-state index contributed by atoms with van der Waals surface area (Å²) in [5.41, 5.74) is 0. The number of nitrogens with one attached hydrogen (secondary N) is 2. The summed E-state index contributed by atoms with van der Waals surface area (Å²) >= 11 is 0. The molecule has 9 heteroatoms. The molecule has 1 aliphatic rings. The predicted molar refractivity (Wildman–Crippen MR) is 118 cm³/mol. The molecule has 26 heavy (non-hydrogen) atoms. The Hall–Kier alpha value is -0.580. The van der Waals surface area contributed by atoms with Gasteiger partial charge in [-0.1, -0.05) is 0 Å². The molecule has 1 amide bonds. The normalized spacial score (nSPS) is 16.8. The van der Waals surface area contributed by atoms with E-state index in [1.807, 2.05) is 6.92 Å². The van der Waals surface area contributed by atoms with Crippen LogP contribution in [0.3, 0.4) is 0 Å². The fourth-order valence-electron chi connectivity index (χ4n) is 2.72. The largest absolute Gasteiger partial charge is 0.359 e. The van der Waals surface area contributed by atoms with Crippen molar-refractivity contribution >= 4 is 45.7 Å². The van der Waals surface area contributed by atoms with Gasteiger partial charge in [0.15, 0.2) is 15.8 Å². The van der Waals surface area contributed by atoms with Gasteiger partial charge >= 0.3 is 0 Å². The molecule has 1 aliphatic heterocycles. The van der Waals surface area contributed by atoms with E-state index in [0.29, 0.717) is 12.3 Å². The highest BCUT2D eigenvalue weighted by Crippen LogP contribution is 2.20. The number of rotatable bonds is 6. The molecule has 0 aromatic carbocycles. The van der Waals surface area contributed by atoms with E-state index in [2.05, 4.69) is 20.5 Å². The van der Waals surface area contributed by atoms with Gasteiger partial charge in [0.2, 0.25) is 5.91 Å². The quantitative estimate of drug-likeness (QED) is 0.328. The van der Waals surface area contributed by atoms with E-state index >= 15 is 0 Å². The molecule has 1 saturated heterocycles. The molecule has 0 aromatic heterocycles. The Labute approximate surface area is 175 Å². The molecule has 0 unspecified atom stereocenters. The van der Waals surface area contributed by atoms with E-state index < -0.39 is 14.6 Å². The van der Waals surface area contributed by atoms with Crippen LogP contribution in [0.15, 0.2) is 4.99 Å². The summed E-state index contributed by atoms with van der Waals surface area (Å²) in [4.78, 5) is 18.2. The molecule has 1 fully saturated rings. The minimum Gasteiger partial charge on any atom is -0.359 e. The predicted octanol–water partition coefficient (Wildman–Crippen LogP) is 1.63. The third-order valence-electron chi connectivity index (χ3n) is 4.56. The van der Waals surface area contributed by atoms with Crippen molar-refractivity contribution in [3.8, 4) is 0 Å². The lowest BCUT2D eigenvalue weighted by atomic mass is 9.93. The summed E-state index contributed by atoms with van der Waals surface area (Å²) in [7, 11) is -1.50. The maximum atomic E-state index is 12.2. The minimum absolute atomic E-state index is 0. The molecule has 0 aromatic rings. The van der Waals surface area contributed by atoms with Gasteiger partial charge in [-0.05, 0) is 46.5 Å². The molecular formula is C17H35IN4O3S. The van der Waals surface area contributed by atoms with Crippen LogP contribution in [0, 0.1) is 5.92 Å². The molecule has 0 saturated carbocycles. The van der Waals surface area contributed by atoms with Crippen LogP contribution in [-0.2, 0) is 14.6 Å². The van der Waals surface area contributed by atoms with Crippen molar-refractivity contribution in [2.75, 3.05) is 39.0 Å². The molecule has 1 heterocycles. The maximum Gasteiger partial charge on any atom is 0.220 e. The van der Waals surface area contributed by atoms with Gasteiger partial charge in [0, 0.05) is 33.1 Å². The Kier molecular flexibility index (Phi) is 11.1. The fraction of sp³-hybridized carbons (Fsp3) is 0.882. The van der Waals surface area contributed by atoms with Gasteiger partial charge in [-0.15, -0.1) is 24.0 Å². The standard InChI is InChI=1S/C17H34N4O3S.HI/c1-6-19-16(20-9-12-25(23,24)17(2,3)4)21-10-7-14(8-11-21)13-15(22)18-5;/h14H,6-13H2,1-5H3,(H,18,22)(H,19,20);1H. The van der Waals surface area contributed by atoms with E-state index in [9.17, 15) is 13.2 Å². The minimum atomic E-state index is -3.16. The second-order valence-corrected chi connectivity index (χ2v) is 10.3. The molecule has 2 N–H and O–H groups in total. The van der Waals surface area contributed by atoms with Crippen LogP contribution < -0.4 is 10.6 Å². The highest BCUT2D eigenvalue weighted by Gasteiger charge is 2.28. The summed E-state index contributed by atoms with van der Waals surface area (Å²) in [5.74, 6) is 1.31. The zero-order valence-corrected chi connectivity index (χ0v) is 19.8. The first kappa shape index (κ1) is 25.4. The number of carbonyl (C=O) groups is 1. The molecule has 0 bridgehead atoms. The lowest BCUT2D eigenvalue weighted by Gasteiger charge is -2.34. The molecule has 0 aliphatic carbocycles. The van der Waals surface area contributed by atoms with Crippen molar-refractivity contribution in [1.82, 2.24) is 15.5 Å². The lowest BCUT2D eigenvalue weighted by molar-refractivity contribution is -0.121. The Morgan fingerprint density at radius 2 is 1.81 bits per heavy atom. The fourth-order valence-corrected chi connectivity index (χ4v) is 3.66. The first-order chi connectivity index (χ1) is 11.6. The Morgan fingerprint density at radius 1 is 1.23 bits per heavy atom. The van der Waals surface area contributed by atoms with Crippen LogP contribution in [0.4, 0.5) is 0 Å². The number of nitrogens with zero attached hydrogens (tertiary/aromatic N) is 2. The second kappa shape index (κ2) is 11.3. The molecule has 0 radical (unpaired) electrons. The summed E-state index contributed by atoms with van der Waals surface area (Å²) in [6.45, 7) is 9.82. The third-order valence-corrected chi connectivity index (χ3v) is 7.14. The summed E-state index contributed by atoms with van der Waals surface area (Å²) < 4.78 is 23.7. The summed E-state index contributed by atoms with van der Waals surface area (Å²) in [5, 5.41) is 5.92. The van der Waals surface area contributed by atoms with Gasteiger partial charge in [-0.3, -0.25) is 9.79 Å². The van der Waals surface area contributed by atoms with Gasteiger partial charge in [-0.2, -0.15) is 0 Å². The van der Waals surface area contributed by atoms with Crippen molar-refractivity contribution < 1.29 is 13.2 Å². The van der Waals surface area contributed by atoms with E-state index in [1.54, 1.807) is 27.8 Å². The monoisotopic (exact) mass is 502 g/mol. The number of carbonyl (C=O) groups excluding carboxylic acids is 1. The van der Waals surface area contributed by atoms with Crippen LogP contribution >= 0.6 is 24.0 Å². The molecule has 7 nitrogen and oxygen atoms in total. The maximum absolute atomic E-state index is 12.2. The number of hydrogen-bond donors (Lipinski definition) is 2. The average Bonchev–Trinajstić information content (AvgIpc) is 2.53. The number of halogens is 1. The number of likely N-dealkylation sites (tertiary alicyclic amines) is 1. The summed E-state index contributed by atoms with van der Waals surface area (Å²) in [6, 6.07) is 0. The summed E-state index contributed by atoms with van der Waals surface area (Å²) in [6.07, 6.45) is 2.46. The van der Waals surface area contributed by atoms with Crippen molar-refractivity contribution in [3.05, 3.63) is 0 Å². The van der Waals surface area contributed by atoms with Crippen LogP contribution in [0.5, 0.6) is 0 Å².